The number of aromatic amines is 1. The molecule has 106 valence electrons. The van der Waals surface area contributed by atoms with Gasteiger partial charge in [-0.25, -0.2) is 4.98 Å². The van der Waals surface area contributed by atoms with Crippen molar-refractivity contribution in [1.29, 1.82) is 0 Å². The summed E-state index contributed by atoms with van der Waals surface area (Å²) in [5, 5.41) is 12.5. The maximum absolute atomic E-state index is 11.6. The van der Waals surface area contributed by atoms with E-state index in [-0.39, 0.29) is 24.0 Å². The number of aliphatic hydroxyl groups excluding tert-OH is 1. The normalized spacial score (nSPS) is 11.9. The van der Waals surface area contributed by atoms with E-state index in [1.54, 1.807) is 0 Å². The Hall–Kier alpha value is -2.34. The van der Waals surface area contributed by atoms with Crippen molar-refractivity contribution in [3.63, 3.8) is 0 Å². The lowest BCUT2D eigenvalue weighted by atomic mass is 10.1. The number of anilines is 1. The summed E-state index contributed by atoms with van der Waals surface area (Å²) in [6.07, 6.45) is 1.92. The van der Waals surface area contributed by atoms with Crippen molar-refractivity contribution in [3.05, 3.63) is 52.6 Å². The SMILES string of the molecule is COc1c(NC(CO)Cc2ccccc2)nc[nH]c1=O. The molecule has 1 aromatic heterocycles. The van der Waals surface area contributed by atoms with E-state index in [1.165, 1.54) is 13.4 Å². The number of methoxy groups -OCH3 is 1. The minimum atomic E-state index is -0.360. The van der Waals surface area contributed by atoms with Gasteiger partial charge < -0.3 is 20.1 Å². The lowest BCUT2D eigenvalue weighted by Crippen LogP contribution is -2.28. The first kappa shape index (κ1) is 14.1. The molecule has 2 rings (SSSR count). The number of aromatic nitrogens is 2. The highest BCUT2D eigenvalue weighted by atomic mass is 16.5. The van der Waals surface area contributed by atoms with Gasteiger partial charge in [-0.15, -0.1) is 0 Å². The van der Waals surface area contributed by atoms with Gasteiger partial charge >= 0.3 is 0 Å². The third-order valence-corrected chi connectivity index (χ3v) is 2.90. The fraction of sp³-hybridized carbons (Fsp3) is 0.286. The van der Waals surface area contributed by atoms with Crippen LogP contribution in [0.1, 0.15) is 5.56 Å². The van der Waals surface area contributed by atoms with Crippen LogP contribution in [0.5, 0.6) is 5.75 Å². The first-order valence-corrected chi connectivity index (χ1v) is 6.27. The smallest absolute Gasteiger partial charge is 0.295 e. The Labute approximate surface area is 116 Å². The molecule has 0 aliphatic heterocycles. The van der Waals surface area contributed by atoms with E-state index in [4.69, 9.17) is 4.74 Å². The minimum Gasteiger partial charge on any atom is -0.489 e. The van der Waals surface area contributed by atoms with Gasteiger partial charge in [0, 0.05) is 0 Å². The molecule has 20 heavy (non-hydrogen) atoms. The first-order valence-electron chi connectivity index (χ1n) is 6.27. The molecule has 0 bridgehead atoms. The minimum absolute atomic E-state index is 0.0769. The molecule has 6 nitrogen and oxygen atoms in total. The summed E-state index contributed by atoms with van der Waals surface area (Å²) < 4.78 is 5.02. The largest absolute Gasteiger partial charge is 0.489 e. The van der Waals surface area contributed by atoms with Gasteiger partial charge in [0.1, 0.15) is 0 Å². The van der Waals surface area contributed by atoms with E-state index >= 15 is 0 Å². The number of hydrogen-bond acceptors (Lipinski definition) is 5. The molecule has 0 aliphatic rings. The third-order valence-electron chi connectivity index (χ3n) is 2.90. The van der Waals surface area contributed by atoms with Gasteiger partial charge in [-0.05, 0) is 12.0 Å². The van der Waals surface area contributed by atoms with Crippen LogP contribution in [0.25, 0.3) is 0 Å². The summed E-state index contributed by atoms with van der Waals surface area (Å²) in [6, 6.07) is 9.53. The average Bonchev–Trinajstić information content (AvgIpc) is 2.48. The monoisotopic (exact) mass is 275 g/mol. The highest BCUT2D eigenvalue weighted by Gasteiger charge is 2.14. The zero-order valence-corrected chi connectivity index (χ0v) is 11.2. The van der Waals surface area contributed by atoms with Crippen LogP contribution in [-0.4, -0.2) is 34.8 Å². The van der Waals surface area contributed by atoms with E-state index in [2.05, 4.69) is 15.3 Å². The molecule has 3 N–H and O–H groups in total. The Balaban J connectivity index is 2.15. The molecule has 6 heteroatoms. The predicted octanol–water partition coefficient (Wildman–Crippen LogP) is 0.794. The summed E-state index contributed by atoms with van der Waals surface area (Å²) in [4.78, 5) is 18.1. The van der Waals surface area contributed by atoms with Crippen molar-refractivity contribution in [1.82, 2.24) is 9.97 Å². The fourth-order valence-corrected chi connectivity index (χ4v) is 1.93. The van der Waals surface area contributed by atoms with E-state index in [0.717, 1.165) is 5.56 Å². The van der Waals surface area contributed by atoms with E-state index in [0.29, 0.717) is 12.2 Å². The number of nitrogens with one attached hydrogen (secondary N) is 2. The quantitative estimate of drug-likeness (QED) is 0.725. The number of hydrogen-bond donors (Lipinski definition) is 3. The van der Waals surface area contributed by atoms with Crippen LogP contribution < -0.4 is 15.6 Å². The van der Waals surface area contributed by atoms with Gasteiger partial charge in [-0.2, -0.15) is 0 Å². The standard InChI is InChI=1S/C14H17N3O3/c1-20-12-13(15-9-16-14(12)19)17-11(8-18)7-10-5-3-2-4-6-10/h2-6,9,11,18H,7-8H2,1H3,(H2,15,16,17,19). The van der Waals surface area contributed by atoms with Gasteiger partial charge in [0.05, 0.1) is 26.1 Å². The van der Waals surface area contributed by atoms with Gasteiger partial charge in [0.2, 0.25) is 5.75 Å². The van der Waals surface area contributed by atoms with Crippen molar-refractivity contribution in [2.45, 2.75) is 12.5 Å². The zero-order chi connectivity index (χ0) is 14.4. The van der Waals surface area contributed by atoms with Crippen LogP contribution >= 0.6 is 0 Å². The van der Waals surface area contributed by atoms with Crippen LogP contribution in [-0.2, 0) is 6.42 Å². The van der Waals surface area contributed by atoms with Crippen LogP contribution in [0, 0.1) is 0 Å². The molecular formula is C14H17N3O3. The average molecular weight is 275 g/mol. The van der Waals surface area contributed by atoms with Crippen molar-refractivity contribution in [3.8, 4) is 5.75 Å². The van der Waals surface area contributed by atoms with Crippen LogP contribution in [0.3, 0.4) is 0 Å². The van der Waals surface area contributed by atoms with Crippen molar-refractivity contribution in [2.75, 3.05) is 19.0 Å². The molecule has 0 spiro atoms. The van der Waals surface area contributed by atoms with Crippen LogP contribution in [0.4, 0.5) is 5.82 Å². The topological polar surface area (TPSA) is 87.2 Å². The molecule has 0 aliphatic carbocycles. The van der Waals surface area contributed by atoms with E-state index in [1.807, 2.05) is 30.3 Å². The summed E-state index contributed by atoms with van der Waals surface area (Å²) >= 11 is 0. The first-order chi connectivity index (χ1) is 9.74. The second-order valence-corrected chi connectivity index (χ2v) is 4.33. The van der Waals surface area contributed by atoms with Crippen molar-refractivity contribution in [2.24, 2.45) is 0 Å². The number of H-pyrrole nitrogens is 1. The van der Waals surface area contributed by atoms with Gasteiger partial charge in [0.15, 0.2) is 5.82 Å². The number of aliphatic hydroxyl groups is 1. The molecular weight excluding hydrogens is 258 g/mol. The van der Waals surface area contributed by atoms with Crippen LogP contribution in [0.2, 0.25) is 0 Å². The number of ether oxygens (including phenoxy) is 1. The predicted molar refractivity (Wildman–Crippen MR) is 76.1 cm³/mol. The van der Waals surface area contributed by atoms with E-state index < -0.39 is 0 Å². The summed E-state index contributed by atoms with van der Waals surface area (Å²) in [6.45, 7) is -0.0769. The fourth-order valence-electron chi connectivity index (χ4n) is 1.93. The van der Waals surface area contributed by atoms with Gasteiger partial charge in [-0.3, -0.25) is 4.79 Å². The highest BCUT2D eigenvalue weighted by molar-refractivity contribution is 5.48. The molecule has 2 aromatic rings. The van der Waals surface area contributed by atoms with Crippen molar-refractivity contribution >= 4 is 5.82 Å². The van der Waals surface area contributed by atoms with E-state index in [9.17, 15) is 9.90 Å². The Morgan fingerprint density at radius 2 is 2.15 bits per heavy atom. The summed E-state index contributed by atoms with van der Waals surface area (Å²) in [5.41, 5.74) is 0.726. The Morgan fingerprint density at radius 1 is 1.40 bits per heavy atom. The zero-order valence-electron chi connectivity index (χ0n) is 11.2. The number of benzene rings is 1. The highest BCUT2D eigenvalue weighted by Crippen LogP contribution is 2.16. The Bertz CT molecular complexity index is 598. The Kier molecular flexibility index (Phi) is 4.73. The maximum atomic E-state index is 11.6. The third kappa shape index (κ3) is 3.36. The van der Waals surface area contributed by atoms with Crippen molar-refractivity contribution < 1.29 is 9.84 Å². The molecule has 0 amide bonds. The van der Waals surface area contributed by atoms with Gasteiger partial charge in [-0.1, -0.05) is 30.3 Å². The molecule has 0 saturated heterocycles. The maximum Gasteiger partial charge on any atom is 0.295 e. The number of nitrogens with zero attached hydrogens (tertiary/aromatic N) is 1. The summed E-state index contributed by atoms with van der Waals surface area (Å²) in [7, 11) is 1.41. The molecule has 0 radical (unpaired) electrons. The molecule has 0 saturated carbocycles. The van der Waals surface area contributed by atoms with Gasteiger partial charge in [0.25, 0.3) is 5.56 Å². The second-order valence-electron chi connectivity index (χ2n) is 4.33. The molecule has 1 atom stereocenters. The van der Waals surface area contributed by atoms with Crippen LogP contribution in [0.15, 0.2) is 41.5 Å². The Morgan fingerprint density at radius 3 is 2.80 bits per heavy atom. The summed E-state index contributed by atoms with van der Waals surface area (Å²) in [5.74, 6) is 0.435. The second kappa shape index (κ2) is 6.72. The molecule has 1 unspecified atom stereocenters. The lowest BCUT2D eigenvalue weighted by molar-refractivity contribution is 0.273. The molecule has 1 aromatic carbocycles. The molecule has 1 heterocycles. The molecule has 0 fully saturated rings. The lowest BCUT2D eigenvalue weighted by Gasteiger charge is -2.18. The number of rotatable bonds is 6.